The number of ether oxygens (including phenoxy) is 1. The Kier molecular flexibility index (Phi) is 10.3. The van der Waals surface area contributed by atoms with Gasteiger partial charge in [0.05, 0.1) is 18.4 Å². The molecule has 1 aliphatic heterocycles. The highest BCUT2D eigenvalue weighted by molar-refractivity contribution is 14.0. The molecule has 6 nitrogen and oxygen atoms in total. The van der Waals surface area contributed by atoms with Crippen molar-refractivity contribution in [2.45, 2.75) is 25.0 Å². The second kappa shape index (κ2) is 12.4. The molecule has 160 valence electrons. The fraction of sp³-hybridized carbons (Fsp3) is 0.476. The van der Waals surface area contributed by atoms with E-state index >= 15 is 0 Å². The van der Waals surface area contributed by atoms with Crippen LogP contribution in [0.1, 0.15) is 36.3 Å². The first-order valence-corrected chi connectivity index (χ1v) is 10.1. The van der Waals surface area contributed by atoms with E-state index in [1.165, 1.54) is 12.8 Å². The SMILES string of the molecule is CN=C(NCC(OC)c1cccc(Cl)c1)NCC(c1ccco1)N1CCCC1.I. The zero-order chi connectivity index (χ0) is 19.8. The Bertz CT molecular complexity index is 751. The topological polar surface area (TPSA) is 62.0 Å². The van der Waals surface area contributed by atoms with Crippen molar-refractivity contribution >= 4 is 41.5 Å². The minimum Gasteiger partial charge on any atom is -0.468 e. The van der Waals surface area contributed by atoms with Crippen LogP contribution in [-0.4, -0.2) is 51.2 Å². The standard InChI is InChI=1S/C21H29ClN4O2.HI/c1-23-21(25-15-20(27-2)16-7-5-8-17(22)13-16)24-14-18(19-9-6-12-28-19)26-10-3-4-11-26;/h5-9,12-13,18,20H,3-4,10-11,14-15H2,1-2H3,(H2,23,24,25);1H. The van der Waals surface area contributed by atoms with Crippen LogP contribution in [-0.2, 0) is 4.74 Å². The third-order valence-electron chi connectivity index (χ3n) is 5.10. The smallest absolute Gasteiger partial charge is 0.191 e. The molecule has 0 bridgehead atoms. The maximum atomic E-state index is 6.11. The zero-order valence-corrected chi connectivity index (χ0v) is 20.0. The van der Waals surface area contributed by atoms with Crippen LogP contribution in [0, 0.1) is 0 Å². The molecule has 8 heteroatoms. The summed E-state index contributed by atoms with van der Waals surface area (Å²) in [6, 6.07) is 11.9. The number of likely N-dealkylation sites (tertiary alicyclic amines) is 1. The number of nitrogens with zero attached hydrogens (tertiary/aromatic N) is 2. The number of halogens is 2. The van der Waals surface area contributed by atoms with Crippen molar-refractivity contribution in [1.29, 1.82) is 0 Å². The summed E-state index contributed by atoms with van der Waals surface area (Å²) in [5.41, 5.74) is 1.03. The molecule has 0 spiro atoms. The molecule has 1 fully saturated rings. The molecular weight excluding hydrogens is 503 g/mol. The van der Waals surface area contributed by atoms with Gasteiger partial charge in [-0.2, -0.15) is 0 Å². The van der Waals surface area contributed by atoms with Crippen LogP contribution >= 0.6 is 35.6 Å². The van der Waals surface area contributed by atoms with Gasteiger partial charge >= 0.3 is 0 Å². The molecule has 2 N–H and O–H groups in total. The van der Waals surface area contributed by atoms with Crippen LogP contribution in [0.3, 0.4) is 0 Å². The number of hydrogen-bond donors (Lipinski definition) is 2. The van der Waals surface area contributed by atoms with Gasteiger partial charge in [-0.25, -0.2) is 0 Å². The molecule has 0 saturated carbocycles. The average molecular weight is 533 g/mol. The highest BCUT2D eigenvalue weighted by Gasteiger charge is 2.25. The number of methoxy groups -OCH3 is 1. The lowest BCUT2D eigenvalue weighted by Crippen LogP contribution is -2.43. The van der Waals surface area contributed by atoms with Gasteiger partial charge < -0.3 is 19.8 Å². The number of nitrogens with one attached hydrogen (secondary N) is 2. The van der Waals surface area contributed by atoms with E-state index < -0.39 is 0 Å². The van der Waals surface area contributed by atoms with Gasteiger partial charge in [-0.15, -0.1) is 24.0 Å². The predicted octanol–water partition coefficient (Wildman–Crippen LogP) is 4.24. The Balaban J connectivity index is 0.00000300. The Labute approximate surface area is 195 Å². The summed E-state index contributed by atoms with van der Waals surface area (Å²) in [5, 5.41) is 7.49. The molecule has 1 aliphatic rings. The number of aliphatic imine (C=N–C) groups is 1. The van der Waals surface area contributed by atoms with E-state index in [4.69, 9.17) is 20.8 Å². The van der Waals surface area contributed by atoms with E-state index in [0.29, 0.717) is 11.6 Å². The van der Waals surface area contributed by atoms with E-state index in [1.807, 2.05) is 36.4 Å². The number of hydrogen-bond acceptors (Lipinski definition) is 4. The summed E-state index contributed by atoms with van der Waals surface area (Å²) in [6.45, 7) is 3.51. The van der Waals surface area contributed by atoms with E-state index in [-0.39, 0.29) is 36.1 Å². The van der Waals surface area contributed by atoms with Crippen LogP contribution in [0.4, 0.5) is 0 Å². The van der Waals surface area contributed by atoms with Crippen LogP contribution in [0.25, 0.3) is 0 Å². The summed E-state index contributed by atoms with van der Waals surface area (Å²) in [6.07, 6.45) is 4.09. The summed E-state index contributed by atoms with van der Waals surface area (Å²) in [7, 11) is 3.47. The summed E-state index contributed by atoms with van der Waals surface area (Å²) in [4.78, 5) is 6.81. The van der Waals surface area contributed by atoms with E-state index in [0.717, 1.165) is 36.9 Å². The summed E-state index contributed by atoms with van der Waals surface area (Å²) < 4.78 is 11.3. The van der Waals surface area contributed by atoms with E-state index in [2.05, 4.69) is 20.5 Å². The highest BCUT2D eigenvalue weighted by Crippen LogP contribution is 2.25. The Morgan fingerprint density at radius 3 is 2.59 bits per heavy atom. The number of guanidine groups is 1. The van der Waals surface area contributed by atoms with Crippen LogP contribution in [0.2, 0.25) is 5.02 Å². The third kappa shape index (κ3) is 6.87. The fourth-order valence-corrected chi connectivity index (χ4v) is 3.79. The lowest BCUT2D eigenvalue weighted by Gasteiger charge is -2.27. The van der Waals surface area contributed by atoms with Gasteiger partial charge in [-0.05, 0) is 55.8 Å². The predicted molar refractivity (Wildman–Crippen MR) is 128 cm³/mol. The van der Waals surface area contributed by atoms with Crippen LogP contribution in [0.5, 0.6) is 0 Å². The first-order valence-electron chi connectivity index (χ1n) is 9.71. The Hall–Kier alpha value is -1.29. The molecule has 1 aromatic heterocycles. The van der Waals surface area contributed by atoms with Crippen molar-refractivity contribution in [3.63, 3.8) is 0 Å². The third-order valence-corrected chi connectivity index (χ3v) is 5.33. The quantitative estimate of drug-likeness (QED) is 0.303. The molecule has 2 atom stereocenters. The van der Waals surface area contributed by atoms with Gasteiger partial charge in [0.2, 0.25) is 0 Å². The lowest BCUT2D eigenvalue weighted by molar-refractivity contribution is 0.106. The van der Waals surface area contributed by atoms with Crippen molar-refractivity contribution in [3.05, 3.63) is 59.0 Å². The maximum Gasteiger partial charge on any atom is 0.191 e. The van der Waals surface area contributed by atoms with Crippen molar-refractivity contribution in [2.75, 3.05) is 40.3 Å². The molecule has 2 aromatic rings. The van der Waals surface area contributed by atoms with Crippen LogP contribution < -0.4 is 10.6 Å². The van der Waals surface area contributed by atoms with Crippen molar-refractivity contribution in [1.82, 2.24) is 15.5 Å². The second-order valence-corrected chi connectivity index (χ2v) is 7.32. The van der Waals surface area contributed by atoms with Gasteiger partial charge in [0.15, 0.2) is 5.96 Å². The monoisotopic (exact) mass is 532 g/mol. The normalized spacial score (nSPS) is 16.9. The average Bonchev–Trinajstić information content (AvgIpc) is 3.42. The Morgan fingerprint density at radius 1 is 1.21 bits per heavy atom. The lowest BCUT2D eigenvalue weighted by atomic mass is 10.1. The fourth-order valence-electron chi connectivity index (χ4n) is 3.59. The first kappa shape index (κ1) is 24.0. The number of furan rings is 1. The van der Waals surface area contributed by atoms with E-state index in [1.54, 1.807) is 20.4 Å². The molecule has 2 unspecified atom stereocenters. The Morgan fingerprint density at radius 2 is 1.97 bits per heavy atom. The zero-order valence-electron chi connectivity index (χ0n) is 16.9. The number of benzene rings is 1. The largest absolute Gasteiger partial charge is 0.468 e. The van der Waals surface area contributed by atoms with Crippen LogP contribution in [0.15, 0.2) is 52.1 Å². The van der Waals surface area contributed by atoms with Crippen molar-refractivity contribution in [2.24, 2.45) is 4.99 Å². The molecular formula is C21H30ClIN4O2. The molecule has 29 heavy (non-hydrogen) atoms. The van der Waals surface area contributed by atoms with Gasteiger partial charge in [0, 0.05) is 32.3 Å². The molecule has 1 aromatic carbocycles. The van der Waals surface area contributed by atoms with Gasteiger partial charge in [-0.1, -0.05) is 23.7 Å². The maximum absolute atomic E-state index is 6.11. The molecule has 3 rings (SSSR count). The van der Waals surface area contributed by atoms with Crippen molar-refractivity contribution in [3.8, 4) is 0 Å². The van der Waals surface area contributed by atoms with Gasteiger partial charge in [0.25, 0.3) is 0 Å². The summed E-state index contributed by atoms with van der Waals surface area (Å²) >= 11 is 6.11. The molecule has 0 aliphatic carbocycles. The van der Waals surface area contributed by atoms with Crippen molar-refractivity contribution < 1.29 is 9.15 Å². The van der Waals surface area contributed by atoms with E-state index in [9.17, 15) is 0 Å². The molecule has 2 heterocycles. The molecule has 0 radical (unpaired) electrons. The van der Waals surface area contributed by atoms with Gasteiger partial charge in [0.1, 0.15) is 5.76 Å². The van der Waals surface area contributed by atoms with Gasteiger partial charge in [-0.3, -0.25) is 9.89 Å². The molecule has 0 amide bonds. The minimum absolute atomic E-state index is 0. The molecule has 1 saturated heterocycles. The highest BCUT2D eigenvalue weighted by atomic mass is 127. The first-order chi connectivity index (χ1) is 13.7. The minimum atomic E-state index is -0.114. The number of rotatable bonds is 8. The second-order valence-electron chi connectivity index (χ2n) is 6.89. The summed E-state index contributed by atoms with van der Waals surface area (Å²) in [5.74, 6) is 1.72.